The van der Waals surface area contributed by atoms with E-state index in [-0.39, 0.29) is 33.8 Å². The number of aromatic nitrogens is 2. The number of rotatable bonds is 4. The number of sulfonamides is 1. The van der Waals surface area contributed by atoms with E-state index in [4.69, 9.17) is 23.2 Å². The summed E-state index contributed by atoms with van der Waals surface area (Å²) in [6.45, 7) is 1.49. The van der Waals surface area contributed by atoms with Crippen molar-refractivity contribution in [2.75, 3.05) is 31.1 Å². The van der Waals surface area contributed by atoms with Crippen LogP contribution >= 0.6 is 23.2 Å². The molecule has 0 saturated carbocycles. The predicted octanol–water partition coefficient (Wildman–Crippen LogP) is 4.10. The van der Waals surface area contributed by atoms with E-state index in [1.165, 1.54) is 22.5 Å². The Bertz CT molecular complexity index is 1150. The van der Waals surface area contributed by atoms with E-state index in [0.29, 0.717) is 24.6 Å². The predicted molar refractivity (Wildman–Crippen MR) is 115 cm³/mol. The lowest BCUT2D eigenvalue weighted by atomic mass is 10.1. The molecular weight excluding hydrogens is 450 g/mol. The van der Waals surface area contributed by atoms with E-state index < -0.39 is 10.0 Å². The van der Waals surface area contributed by atoms with E-state index in [2.05, 4.69) is 10.2 Å². The summed E-state index contributed by atoms with van der Waals surface area (Å²) in [7, 11) is -3.74. The van der Waals surface area contributed by atoms with E-state index in [1.54, 1.807) is 24.3 Å². The van der Waals surface area contributed by atoms with Crippen LogP contribution in [0.1, 0.15) is 0 Å². The molecule has 0 bridgehead atoms. The molecule has 0 amide bonds. The van der Waals surface area contributed by atoms with E-state index in [9.17, 15) is 12.8 Å². The van der Waals surface area contributed by atoms with Gasteiger partial charge in [0.2, 0.25) is 10.0 Å². The summed E-state index contributed by atoms with van der Waals surface area (Å²) < 4.78 is 40.3. The normalized spacial score (nSPS) is 15.4. The highest BCUT2D eigenvalue weighted by atomic mass is 35.5. The number of hydrogen-bond donors (Lipinski definition) is 0. The number of halogens is 3. The second kappa shape index (κ2) is 8.47. The zero-order valence-corrected chi connectivity index (χ0v) is 18.0. The third-order valence-electron chi connectivity index (χ3n) is 4.89. The van der Waals surface area contributed by atoms with Gasteiger partial charge in [-0.15, -0.1) is 10.2 Å². The van der Waals surface area contributed by atoms with Gasteiger partial charge in [0.15, 0.2) is 5.82 Å². The molecule has 3 aromatic rings. The van der Waals surface area contributed by atoms with Crippen LogP contribution in [0.4, 0.5) is 10.2 Å². The zero-order valence-electron chi connectivity index (χ0n) is 15.7. The summed E-state index contributed by atoms with van der Waals surface area (Å²) >= 11 is 12.1. The van der Waals surface area contributed by atoms with Crippen LogP contribution in [0.25, 0.3) is 11.3 Å². The van der Waals surface area contributed by atoms with Crippen molar-refractivity contribution >= 4 is 39.0 Å². The lowest BCUT2D eigenvalue weighted by molar-refractivity contribution is 0.383. The van der Waals surface area contributed by atoms with Crippen LogP contribution in [-0.4, -0.2) is 49.1 Å². The minimum Gasteiger partial charge on any atom is -0.352 e. The molecule has 4 rings (SSSR count). The van der Waals surface area contributed by atoms with Crippen molar-refractivity contribution in [2.24, 2.45) is 0 Å². The Morgan fingerprint density at radius 3 is 2.20 bits per heavy atom. The second-order valence-electron chi connectivity index (χ2n) is 6.73. The summed E-state index contributed by atoms with van der Waals surface area (Å²) in [5, 5.41) is 8.69. The number of piperazine rings is 1. The zero-order chi connectivity index (χ0) is 21.3. The average Bonchev–Trinajstić information content (AvgIpc) is 2.76. The highest BCUT2D eigenvalue weighted by molar-refractivity contribution is 7.89. The lowest BCUT2D eigenvalue weighted by Crippen LogP contribution is -2.49. The third-order valence-corrected chi connectivity index (χ3v) is 7.76. The molecule has 0 N–H and O–H groups in total. The molecule has 30 heavy (non-hydrogen) atoms. The van der Waals surface area contributed by atoms with E-state index in [0.717, 1.165) is 5.56 Å². The van der Waals surface area contributed by atoms with Crippen LogP contribution in [0, 0.1) is 5.82 Å². The van der Waals surface area contributed by atoms with Gasteiger partial charge in [-0.2, -0.15) is 4.31 Å². The molecule has 0 aliphatic carbocycles. The third kappa shape index (κ3) is 4.13. The van der Waals surface area contributed by atoms with Crippen LogP contribution in [-0.2, 0) is 10.0 Å². The maximum absolute atomic E-state index is 13.1. The van der Waals surface area contributed by atoms with Crippen molar-refractivity contribution in [3.63, 3.8) is 0 Å². The monoisotopic (exact) mass is 466 g/mol. The first kappa shape index (κ1) is 21.0. The lowest BCUT2D eigenvalue weighted by Gasteiger charge is -2.34. The summed E-state index contributed by atoms with van der Waals surface area (Å²) in [4.78, 5) is 1.97. The molecule has 2 heterocycles. The smallest absolute Gasteiger partial charge is 0.244 e. The van der Waals surface area contributed by atoms with Crippen molar-refractivity contribution in [1.82, 2.24) is 14.5 Å². The molecule has 0 unspecified atom stereocenters. The average molecular weight is 467 g/mol. The minimum atomic E-state index is -3.74. The fourth-order valence-electron chi connectivity index (χ4n) is 3.25. The summed E-state index contributed by atoms with van der Waals surface area (Å²) in [6.07, 6.45) is 0. The topological polar surface area (TPSA) is 66.4 Å². The fourth-order valence-corrected chi connectivity index (χ4v) is 5.41. The highest BCUT2D eigenvalue weighted by Crippen LogP contribution is 2.31. The Balaban J connectivity index is 1.45. The SMILES string of the molecule is O=S(=O)(c1cccc(Cl)c1Cl)N1CCN(c2ccc(-c3ccc(F)cc3)nn2)CC1. The largest absolute Gasteiger partial charge is 0.352 e. The molecule has 0 radical (unpaired) electrons. The molecular formula is C20H17Cl2FN4O2S. The van der Waals surface area contributed by atoms with Gasteiger partial charge in [0, 0.05) is 31.7 Å². The van der Waals surface area contributed by atoms with Crippen LogP contribution in [0.2, 0.25) is 10.0 Å². The number of hydrogen-bond acceptors (Lipinski definition) is 5. The highest BCUT2D eigenvalue weighted by Gasteiger charge is 2.31. The second-order valence-corrected chi connectivity index (χ2v) is 9.42. The molecule has 0 atom stereocenters. The first-order chi connectivity index (χ1) is 14.4. The Labute approximate surface area is 183 Å². The van der Waals surface area contributed by atoms with Crippen molar-refractivity contribution in [3.8, 4) is 11.3 Å². The number of nitrogens with zero attached hydrogens (tertiary/aromatic N) is 4. The maximum Gasteiger partial charge on any atom is 0.244 e. The Morgan fingerprint density at radius 1 is 0.867 bits per heavy atom. The van der Waals surface area contributed by atoms with Crippen LogP contribution in [0.3, 0.4) is 0 Å². The van der Waals surface area contributed by atoms with Crippen LogP contribution in [0.5, 0.6) is 0 Å². The molecule has 1 saturated heterocycles. The van der Waals surface area contributed by atoms with Crippen molar-refractivity contribution < 1.29 is 12.8 Å². The van der Waals surface area contributed by atoms with Gasteiger partial charge in [-0.25, -0.2) is 12.8 Å². The molecule has 2 aromatic carbocycles. The quantitative estimate of drug-likeness (QED) is 0.578. The Hall–Kier alpha value is -2.26. The molecule has 156 valence electrons. The van der Waals surface area contributed by atoms with Gasteiger partial charge in [-0.05, 0) is 48.5 Å². The fraction of sp³-hybridized carbons (Fsp3) is 0.200. The van der Waals surface area contributed by atoms with Crippen molar-refractivity contribution in [2.45, 2.75) is 4.90 Å². The minimum absolute atomic E-state index is 0.00793. The number of anilines is 1. The molecule has 1 fully saturated rings. The van der Waals surface area contributed by atoms with Crippen LogP contribution in [0.15, 0.2) is 59.5 Å². The van der Waals surface area contributed by atoms with Gasteiger partial charge in [-0.1, -0.05) is 29.3 Å². The molecule has 0 spiro atoms. The molecule has 6 nitrogen and oxygen atoms in total. The molecule has 1 aliphatic heterocycles. The van der Waals surface area contributed by atoms with Gasteiger partial charge in [-0.3, -0.25) is 0 Å². The van der Waals surface area contributed by atoms with Gasteiger partial charge < -0.3 is 4.90 Å². The summed E-state index contributed by atoms with van der Waals surface area (Å²) in [6, 6.07) is 14.2. The van der Waals surface area contributed by atoms with Crippen molar-refractivity contribution in [1.29, 1.82) is 0 Å². The first-order valence-electron chi connectivity index (χ1n) is 9.15. The molecule has 1 aliphatic rings. The first-order valence-corrected chi connectivity index (χ1v) is 11.3. The molecule has 1 aromatic heterocycles. The van der Waals surface area contributed by atoms with Gasteiger partial charge in [0.25, 0.3) is 0 Å². The standard InChI is InChI=1S/C20H17Cl2FN4O2S/c21-16-2-1-3-18(20(16)22)30(28,29)27-12-10-26(11-13-27)19-9-8-17(24-25-19)14-4-6-15(23)7-5-14/h1-9H,10-13H2. The van der Waals surface area contributed by atoms with Gasteiger partial charge >= 0.3 is 0 Å². The van der Waals surface area contributed by atoms with Gasteiger partial charge in [0.05, 0.1) is 15.7 Å². The van der Waals surface area contributed by atoms with E-state index >= 15 is 0 Å². The number of benzene rings is 2. The van der Waals surface area contributed by atoms with Crippen molar-refractivity contribution in [3.05, 3.63) is 70.5 Å². The summed E-state index contributed by atoms with van der Waals surface area (Å²) in [5.74, 6) is 0.342. The molecule has 10 heteroatoms. The van der Waals surface area contributed by atoms with Gasteiger partial charge in [0.1, 0.15) is 10.7 Å². The van der Waals surface area contributed by atoms with E-state index in [1.807, 2.05) is 17.0 Å². The maximum atomic E-state index is 13.1. The Kier molecular flexibility index (Phi) is 5.92. The Morgan fingerprint density at radius 2 is 1.57 bits per heavy atom. The van der Waals surface area contributed by atoms with Crippen LogP contribution < -0.4 is 4.90 Å². The summed E-state index contributed by atoms with van der Waals surface area (Å²) in [5.41, 5.74) is 1.40.